The van der Waals surface area contributed by atoms with Crippen molar-refractivity contribution in [3.05, 3.63) is 40.9 Å². The molecule has 22 heavy (non-hydrogen) atoms. The predicted octanol–water partition coefficient (Wildman–Crippen LogP) is 2.85. The maximum Gasteiger partial charge on any atom is 0.270 e. The van der Waals surface area contributed by atoms with Crippen LogP contribution in [0.15, 0.2) is 23.6 Å². The zero-order chi connectivity index (χ0) is 15.2. The van der Waals surface area contributed by atoms with Crippen LogP contribution in [-0.2, 0) is 0 Å². The van der Waals surface area contributed by atoms with E-state index in [1.54, 1.807) is 0 Å². The fourth-order valence-corrected chi connectivity index (χ4v) is 2.60. The summed E-state index contributed by atoms with van der Waals surface area (Å²) in [7, 11) is 1.83. The molecule has 0 saturated carbocycles. The molecule has 2 N–H and O–H groups in total. The van der Waals surface area contributed by atoms with Gasteiger partial charge in [-0.3, -0.25) is 4.79 Å². The van der Waals surface area contributed by atoms with Crippen LogP contribution in [0.1, 0.15) is 16.9 Å². The first-order valence-corrected chi connectivity index (χ1v) is 7.34. The van der Waals surface area contributed by atoms with Crippen LogP contribution >= 0.6 is 23.7 Å². The third-order valence-corrected chi connectivity index (χ3v) is 3.66. The van der Waals surface area contributed by atoms with E-state index in [2.05, 4.69) is 15.6 Å². The molecule has 1 aromatic heterocycles. The molecule has 1 amide bonds. The second-order valence-electron chi connectivity index (χ2n) is 4.35. The third kappa shape index (κ3) is 4.46. The zero-order valence-electron chi connectivity index (χ0n) is 11.9. The fourth-order valence-electron chi connectivity index (χ4n) is 1.75. The van der Waals surface area contributed by atoms with Crippen molar-refractivity contribution < 1.29 is 13.6 Å². The minimum atomic E-state index is -0.690. The van der Waals surface area contributed by atoms with Crippen LogP contribution in [0, 0.1) is 11.6 Å². The lowest BCUT2D eigenvalue weighted by atomic mass is 10.2. The Labute approximate surface area is 137 Å². The monoisotopic (exact) mass is 347 g/mol. The molecule has 1 heterocycles. The van der Waals surface area contributed by atoms with E-state index in [-0.39, 0.29) is 34.6 Å². The molecule has 2 aromatic rings. The number of aromatic nitrogens is 1. The van der Waals surface area contributed by atoms with E-state index < -0.39 is 11.6 Å². The van der Waals surface area contributed by atoms with Gasteiger partial charge < -0.3 is 10.6 Å². The van der Waals surface area contributed by atoms with Gasteiger partial charge in [-0.25, -0.2) is 13.8 Å². The molecule has 0 saturated heterocycles. The molecule has 0 spiro atoms. The predicted molar refractivity (Wildman–Crippen MR) is 85.6 cm³/mol. The van der Waals surface area contributed by atoms with Crippen LogP contribution < -0.4 is 10.6 Å². The van der Waals surface area contributed by atoms with Gasteiger partial charge in [0.25, 0.3) is 5.91 Å². The Morgan fingerprint density at radius 3 is 2.59 bits per heavy atom. The smallest absolute Gasteiger partial charge is 0.270 e. The van der Waals surface area contributed by atoms with Gasteiger partial charge in [0.15, 0.2) is 0 Å². The summed E-state index contributed by atoms with van der Waals surface area (Å²) in [4.78, 5) is 15.9. The summed E-state index contributed by atoms with van der Waals surface area (Å²) >= 11 is 1.04. The average molecular weight is 348 g/mol. The van der Waals surface area contributed by atoms with Crippen LogP contribution in [0.3, 0.4) is 0 Å². The average Bonchev–Trinajstić information content (AvgIpc) is 2.93. The molecule has 0 aliphatic carbocycles. The van der Waals surface area contributed by atoms with Crippen molar-refractivity contribution >= 4 is 29.7 Å². The van der Waals surface area contributed by atoms with Crippen molar-refractivity contribution in [2.24, 2.45) is 0 Å². The number of nitrogens with zero attached hydrogens (tertiary/aromatic N) is 1. The number of benzene rings is 1. The van der Waals surface area contributed by atoms with Crippen molar-refractivity contribution in [1.29, 1.82) is 0 Å². The molecule has 0 bridgehead atoms. The fraction of sp³-hybridized carbons (Fsp3) is 0.286. The molecule has 0 unspecified atom stereocenters. The van der Waals surface area contributed by atoms with Gasteiger partial charge in [0.1, 0.15) is 22.3 Å². The summed E-state index contributed by atoms with van der Waals surface area (Å²) in [5.41, 5.74) is -0.0288. The van der Waals surface area contributed by atoms with E-state index in [1.165, 1.54) is 11.4 Å². The number of rotatable bonds is 6. The highest BCUT2D eigenvalue weighted by molar-refractivity contribution is 7.13. The van der Waals surface area contributed by atoms with Crippen molar-refractivity contribution in [2.75, 3.05) is 20.1 Å². The van der Waals surface area contributed by atoms with E-state index in [0.717, 1.165) is 36.4 Å². The van der Waals surface area contributed by atoms with Gasteiger partial charge >= 0.3 is 0 Å². The molecule has 0 aliphatic heterocycles. The molecular formula is C14H16ClF2N3OS. The SMILES string of the molecule is CNCCCNC(=O)c1csc(-c2c(F)cccc2F)n1.Cl. The maximum atomic E-state index is 13.7. The molecule has 0 radical (unpaired) electrons. The molecule has 0 aliphatic rings. The van der Waals surface area contributed by atoms with E-state index in [0.29, 0.717) is 6.54 Å². The second-order valence-corrected chi connectivity index (χ2v) is 5.21. The van der Waals surface area contributed by atoms with E-state index in [4.69, 9.17) is 0 Å². The summed E-state index contributed by atoms with van der Waals surface area (Å²) in [6.45, 7) is 1.31. The Morgan fingerprint density at radius 2 is 1.95 bits per heavy atom. The molecule has 8 heteroatoms. The summed E-state index contributed by atoms with van der Waals surface area (Å²) < 4.78 is 27.3. The molecule has 2 rings (SSSR count). The lowest BCUT2D eigenvalue weighted by molar-refractivity contribution is 0.0949. The largest absolute Gasteiger partial charge is 0.351 e. The van der Waals surface area contributed by atoms with Gasteiger partial charge in [0, 0.05) is 11.9 Å². The number of amides is 1. The molecular weight excluding hydrogens is 332 g/mol. The van der Waals surface area contributed by atoms with Crippen molar-refractivity contribution in [1.82, 2.24) is 15.6 Å². The Hall–Kier alpha value is -1.57. The van der Waals surface area contributed by atoms with Crippen LogP contribution in [-0.4, -0.2) is 31.0 Å². The Kier molecular flexibility index (Phi) is 7.37. The van der Waals surface area contributed by atoms with E-state index in [1.807, 2.05) is 7.05 Å². The number of halogens is 3. The first kappa shape index (κ1) is 18.5. The lowest BCUT2D eigenvalue weighted by Crippen LogP contribution is -2.26. The normalized spacial score (nSPS) is 10.1. The number of hydrogen-bond acceptors (Lipinski definition) is 4. The second kappa shape index (κ2) is 8.77. The van der Waals surface area contributed by atoms with Gasteiger partial charge in [0.2, 0.25) is 0 Å². The Bertz CT molecular complexity index is 616. The first-order chi connectivity index (χ1) is 10.1. The van der Waals surface area contributed by atoms with Gasteiger partial charge in [-0.1, -0.05) is 6.07 Å². The molecule has 4 nitrogen and oxygen atoms in total. The minimum Gasteiger partial charge on any atom is -0.351 e. The first-order valence-electron chi connectivity index (χ1n) is 6.46. The molecule has 1 aromatic carbocycles. The van der Waals surface area contributed by atoms with Crippen LogP contribution in [0.2, 0.25) is 0 Å². The zero-order valence-corrected chi connectivity index (χ0v) is 13.5. The highest BCUT2D eigenvalue weighted by Crippen LogP contribution is 2.28. The van der Waals surface area contributed by atoms with Gasteiger partial charge in [-0.15, -0.1) is 23.7 Å². The summed E-state index contributed by atoms with van der Waals surface area (Å²) in [6, 6.07) is 3.62. The molecule has 0 atom stereocenters. The van der Waals surface area contributed by atoms with Crippen LogP contribution in [0.25, 0.3) is 10.6 Å². The topological polar surface area (TPSA) is 54.0 Å². The molecule has 120 valence electrons. The Balaban J connectivity index is 0.00000242. The Morgan fingerprint density at radius 1 is 1.27 bits per heavy atom. The van der Waals surface area contributed by atoms with Crippen molar-refractivity contribution in [2.45, 2.75) is 6.42 Å². The summed E-state index contributed by atoms with van der Waals surface area (Å²) in [5, 5.41) is 7.33. The van der Waals surface area contributed by atoms with E-state index in [9.17, 15) is 13.6 Å². The van der Waals surface area contributed by atoms with Crippen LogP contribution in [0.5, 0.6) is 0 Å². The van der Waals surface area contributed by atoms with E-state index >= 15 is 0 Å². The number of carbonyl (C=O) groups excluding carboxylic acids is 1. The third-order valence-electron chi connectivity index (χ3n) is 2.80. The number of hydrogen-bond donors (Lipinski definition) is 2. The summed E-state index contributed by atoms with van der Waals surface area (Å²) in [5.74, 6) is -1.72. The van der Waals surface area contributed by atoms with Crippen LogP contribution in [0.4, 0.5) is 8.78 Å². The summed E-state index contributed by atoms with van der Waals surface area (Å²) in [6.07, 6.45) is 0.793. The number of thiazole rings is 1. The highest BCUT2D eigenvalue weighted by atomic mass is 35.5. The number of carbonyl (C=O) groups is 1. The van der Waals surface area contributed by atoms with Gasteiger partial charge in [-0.2, -0.15) is 0 Å². The van der Waals surface area contributed by atoms with Gasteiger partial charge in [0.05, 0.1) is 5.56 Å². The van der Waals surface area contributed by atoms with Gasteiger partial charge in [-0.05, 0) is 32.1 Å². The standard InChI is InChI=1S/C14H15F2N3OS.ClH/c1-17-6-3-7-18-13(20)11-8-21-14(19-11)12-9(15)4-2-5-10(12)16;/h2,4-5,8,17H,3,6-7H2,1H3,(H,18,20);1H. The highest BCUT2D eigenvalue weighted by Gasteiger charge is 2.17. The lowest BCUT2D eigenvalue weighted by Gasteiger charge is -2.02. The quantitative estimate of drug-likeness (QED) is 0.790. The minimum absolute atomic E-state index is 0. The van der Waals surface area contributed by atoms with Crippen molar-refractivity contribution in [3.8, 4) is 10.6 Å². The van der Waals surface area contributed by atoms with Crippen molar-refractivity contribution in [3.63, 3.8) is 0 Å². The maximum absolute atomic E-state index is 13.7. The number of nitrogens with one attached hydrogen (secondary N) is 2. The molecule has 0 fully saturated rings.